The molecule has 0 radical (unpaired) electrons. The molecule has 1 saturated heterocycles. The first kappa shape index (κ1) is 17.7. The molecule has 0 aliphatic carbocycles. The van der Waals surface area contributed by atoms with Crippen molar-refractivity contribution in [3.63, 3.8) is 0 Å². The van der Waals surface area contributed by atoms with Crippen LogP contribution in [0.3, 0.4) is 0 Å². The second kappa shape index (κ2) is 7.15. The number of hydrogen-bond donors (Lipinski definition) is 0. The lowest BCUT2D eigenvalue weighted by atomic mass is 9.97. The lowest BCUT2D eigenvalue weighted by molar-refractivity contribution is 0.0706. The van der Waals surface area contributed by atoms with Gasteiger partial charge in [-0.3, -0.25) is 4.79 Å². The number of ether oxygens (including phenoxy) is 2. The zero-order valence-electron chi connectivity index (χ0n) is 15.5. The second-order valence-corrected chi connectivity index (χ2v) is 7.47. The summed E-state index contributed by atoms with van der Waals surface area (Å²) in [6.07, 6.45) is 1.73. The molecule has 9 heteroatoms. The molecular weight excluding hydrogens is 366 g/mol. The Morgan fingerprint density at radius 1 is 1.15 bits per heavy atom. The third-order valence-electron chi connectivity index (χ3n) is 4.94. The van der Waals surface area contributed by atoms with Gasteiger partial charge in [0.05, 0.1) is 14.2 Å². The lowest BCUT2D eigenvalue weighted by Crippen LogP contribution is -2.38. The molecule has 8 nitrogen and oxygen atoms in total. The van der Waals surface area contributed by atoms with Gasteiger partial charge in [-0.2, -0.15) is 9.61 Å². The minimum Gasteiger partial charge on any atom is -0.496 e. The third-order valence-corrected chi connectivity index (χ3v) is 6.00. The highest BCUT2D eigenvalue weighted by Gasteiger charge is 2.30. The molecule has 1 aromatic carbocycles. The highest BCUT2D eigenvalue weighted by molar-refractivity contribution is 7.16. The average molecular weight is 387 g/mol. The number of benzene rings is 1. The van der Waals surface area contributed by atoms with E-state index in [4.69, 9.17) is 9.47 Å². The van der Waals surface area contributed by atoms with Crippen LogP contribution in [0.1, 0.15) is 39.9 Å². The van der Waals surface area contributed by atoms with E-state index in [9.17, 15) is 4.79 Å². The van der Waals surface area contributed by atoms with Crippen molar-refractivity contribution in [1.29, 1.82) is 0 Å². The number of methoxy groups -OCH3 is 2. The van der Waals surface area contributed by atoms with Gasteiger partial charge in [0.2, 0.25) is 4.96 Å². The maximum absolute atomic E-state index is 13.1. The molecule has 0 unspecified atom stereocenters. The van der Waals surface area contributed by atoms with Crippen LogP contribution in [-0.4, -0.2) is 57.9 Å². The van der Waals surface area contributed by atoms with E-state index in [1.807, 2.05) is 17.9 Å². The van der Waals surface area contributed by atoms with E-state index >= 15 is 0 Å². The third kappa shape index (κ3) is 3.12. The van der Waals surface area contributed by atoms with Gasteiger partial charge in [-0.05, 0) is 31.9 Å². The van der Waals surface area contributed by atoms with Crippen LogP contribution >= 0.6 is 11.3 Å². The van der Waals surface area contributed by atoms with E-state index in [-0.39, 0.29) is 5.91 Å². The lowest BCUT2D eigenvalue weighted by Gasteiger charge is -2.31. The molecular formula is C18H21N5O3S. The fourth-order valence-corrected chi connectivity index (χ4v) is 4.50. The summed E-state index contributed by atoms with van der Waals surface area (Å²) in [6, 6.07) is 5.38. The summed E-state index contributed by atoms with van der Waals surface area (Å²) in [6.45, 7) is 3.24. The van der Waals surface area contributed by atoms with E-state index < -0.39 is 0 Å². The highest BCUT2D eigenvalue weighted by atomic mass is 32.1. The maximum Gasteiger partial charge on any atom is 0.261 e. The Morgan fingerprint density at radius 3 is 2.41 bits per heavy atom. The van der Waals surface area contributed by atoms with E-state index in [1.165, 1.54) is 0 Å². The highest BCUT2D eigenvalue weighted by Crippen LogP contribution is 2.34. The Morgan fingerprint density at radius 2 is 1.81 bits per heavy atom. The van der Waals surface area contributed by atoms with Crippen LogP contribution in [0.5, 0.6) is 11.5 Å². The Hall–Kier alpha value is -2.68. The molecule has 0 N–H and O–H groups in total. The Kier molecular flexibility index (Phi) is 4.69. The molecule has 0 spiro atoms. The summed E-state index contributed by atoms with van der Waals surface area (Å²) >= 11 is 1.58. The van der Waals surface area contributed by atoms with Gasteiger partial charge in [0, 0.05) is 19.0 Å². The second-order valence-electron chi connectivity index (χ2n) is 6.49. The normalized spacial score (nSPS) is 15.3. The summed E-state index contributed by atoms with van der Waals surface area (Å²) in [4.78, 5) is 15.8. The SMILES string of the molecule is COc1cccc(OC)c1C(=O)N1CCC(c2nn3c(C)nnc3s2)CC1. The molecule has 27 heavy (non-hydrogen) atoms. The van der Waals surface area contributed by atoms with Gasteiger partial charge >= 0.3 is 0 Å². The Balaban J connectivity index is 1.50. The standard InChI is InChI=1S/C18H21N5O3S/c1-11-19-20-18-23(11)21-16(27-18)12-7-9-22(10-8-12)17(24)15-13(25-2)5-4-6-14(15)26-3/h4-6,12H,7-10H2,1-3H3. The maximum atomic E-state index is 13.1. The van der Waals surface area contributed by atoms with E-state index in [1.54, 1.807) is 42.2 Å². The molecule has 1 aliphatic rings. The Labute approximate surface area is 160 Å². The van der Waals surface area contributed by atoms with Crippen molar-refractivity contribution in [3.05, 3.63) is 34.6 Å². The summed E-state index contributed by atoms with van der Waals surface area (Å²) in [5.41, 5.74) is 0.482. The summed E-state index contributed by atoms with van der Waals surface area (Å²) in [5.74, 6) is 2.14. The number of fused-ring (bicyclic) bond motifs is 1. The number of carbonyl (C=O) groups excluding carboxylic acids is 1. The van der Waals surface area contributed by atoms with Crippen molar-refractivity contribution in [2.45, 2.75) is 25.7 Å². The first-order valence-corrected chi connectivity index (χ1v) is 9.63. The number of aromatic nitrogens is 4. The van der Waals surface area contributed by atoms with Crippen LogP contribution in [0.15, 0.2) is 18.2 Å². The van der Waals surface area contributed by atoms with Crippen LogP contribution in [0.25, 0.3) is 4.96 Å². The number of aryl methyl sites for hydroxylation is 1. The predicted molar refractivity (Wildman–Crippen MR) is 101 cm³/mol. The van der Waals surface area contributed by atoms with Gasteiger partial charge in [-0.1, -0.05) is 17.4 Å². The number of amides is 1. The first-order chi connectivity index (χ1) is 13.1. The van der Waals surface area contributed by atoms with Crippen molar-refractivity contribution >= 4 is 22.2 Å². The van der Waals surface area contributed by atoms with Gasteiger partial charge in [0.1, 0.15) is 22.1 Å². The van der Waals surface area contributed by atoms with Crippen LogP contribution < -0.4 is 9.47 Å². The van der Waals surface area contributed by atoms with Crippen molar-refractivity contribution < 1.29 is 14.3 Å². The largest absolute Gasteiger partial charge is 0.496 e. The smallest absolute Gasteiger partial charge is 0.261 e. The summed E-state index contributed by atoms with van der Waals surface area (Å²) in [5, 5.41) is 13.9. The van der Waals surface area contributed by atoms with Crippen LogP contribution in [0.4, 0.5) is 0 Å². The quantitative estimate of drug-likeness (QED) is 0.684. The Bertz CT molecular complexity index is 952. The van der Waals surface area contributed by atoms with E-state index in [0.717, 1.165) is 28.6 Å². The molecule has 1 amide bonds. The number of hydrogen-bond acceptors (Lipinski definition) is 7. The van der Waals surface area contributed by atoms with Gasteiger partial charge in [0.25, 0.3) is 5.91 Å². The molecule has 1 fully saturated rings. The van der Waals surface area contributed by atoms with Gasteiger partial charge in [-0.15, -0.1) is 10.2 Å². The number of likely N-dealkylation sites (tertiary alicyclic amines) is 1. The molecule has 0 bridgehead atoms. The van der Waals surface area contributed by atoms with Gasteiger partial charge < -0.3 is 14.4 Å². The fraction of sp³-hybridized carbons (Fsp3) is 0.444. The van der Waals surface area contributed by atoms with Crippen molar-refractivity contribution in [1.82, 2.24) is 24.7 Å². The monoisotopic (exact) mass is 387 g/mol. The molecule has 0 atom stereocenters. The number of nitrogens with zero attached hydrogens (tertiary/aromatic N) is 5. The minimum atomic E-state index is -0.0586. The first-order valence-electron chi connectivity index (χ1n) is 8.81. The van der Waals surface area contributed by atoms with E-state index in [0.29, 0.717) is 36.1 Å². The van der Waals surface area contributed by atoms with Crippen molar-refractivity contribution in [2.75, 3.05) is 27.3 Å². The average Bonchev–Trinajstić information content (AvgIpc) is 3.29. The van der Waals surface area contributed by atoms with E-state index in [2.05, 4.69) is 15.3 Å². The topological polar surface area (TPSA) is 81.9 Å². The number of piperidine rings is 1. The zero-order valence-corrected chi connectivity index (χ0v) is 16.3. The van der Waals surface area contributed by atoms with Crippen LogP contribution in [0, 0.1) is 6.92 Å². The molecule has 1 aliphatic heterocycles. The van der Waals surface area contributed by atoms with Crippen LogP contribution in [0.2, 0.25) is 0 Å². The van der Waals surface area contributed by atoms with Crippen molar-refractivity contribution in [3.8, 4) is 11.5 Å². The summed E-state index contributed by atoms with van der Waals surface area (Å²) < 4.78 is 12.5. The molecule has 2 aromatic heterocycles. The molecule has 4 rings (SSSR count). The number of carbonyl (C=O) groups is 1. The number of rotatable bonds is 4. The van der Waals surface area contributed by atoms with Gasteiger partial charge in [0.15, 0.2) is 5.82 Å². The molecule has 142 valence electrons. The molecule has 3 heterocycles. The van der Waals surface area contributed by atoms with Crippen LogP contribution in [-0.2, 0) is 0 Å². The van der Waals surface area contributed by atoms with Gasteiger partial charge in [-0.25, -0.2) is 0 Å². The van der Waals surface area contributed by atoms with Crippen molar-refractivity contribution in [2.24, 2.45) is 0 Å². The zero-order chi connectivity index (χ0) is 19.0. The molecule has 3 aromatic rings. The predicted octanol–water partition coefficient (Wildman–Crippen LogP) is 2.53. The molecule has 0 saturated carbocycles. The summed E-state index contributed by atoms with van der Waals surface area (Å²) in [7, 11) is 3.13. The fourth-order valence-electron chi connectivity index (χ4n) is 3.44. The minimum absolute atomic E-state index is 0.0586.